The Hall–Kier alpha value is -4.35. The van der Waals surface area contributed by atoms with Gasteiger partial charge in [-0.05, 0) is 65.2 Å². The van der Waals surface area contributed by atoms with Crippen LogP contribution in [-0.2, 0) is 17.6 Å². The summed E-state index contributed by atoms with van der Waals surface area (Å²) < 4.78 is 138. The standard InChI is InChI=1S/C29H17F10NO/c30-21-9-7-18(8-10-21)27(17-4-2-1-3-5-17,19-13-20(15-22(31)14-19)28(35,36)26(33)34)40-25(41)16-6-11-24(32)23(12-16)29(37,38)39/h1-15,26H,(H,40,41)/t27-/m1/s1. The number of carbonyl (C=O) groups excluding carboxylic acids is 1. The van der Waals surface area contributed by atoms with E-state index < -0.39 is 69.7 Å². The lowest BCUT2D eigenvalue weighted by Gasteiger charge is -2.37. The Morgan fingerprint density at radius 1 is 0.634 bits per heavy atom. The minimum Gasteiger partial charge on any atom is -0.334 e. The van der Waals surface area contributed by atoms with Gasteiger partial charge in [-0.3, -0.25) is 4.79 Å². The molecule has 12 heteroatoms. The number of alkyl halides is 7. The van der Waals surface area contributed by atoms with Crippen LogP contribution in [0, 0.1) is 17.5 Å². The topological polar surface area (TPSA) is 29.1 Å². The first kappa shape index (κ1) is 29.6. The number of benzene rings is 4. The summed E-state index contributed by atoms with van der Waals surface area (Å²) in [6, 6.07) is 13.7. The molecule has 0 aliphatic heterocycles. The normalized spacial score (nSPS) is 13.6. The van der Waals surface area contributed by atoms with E-state index >= 15 is 0 Å². The Labute approximate surface area is 226 Å². The number of hydrogen-bond donors (Lipinski definition) is 1. The van der Waals surface area contributed by atoms with E-state index in [1.165, 1.54) is 30.3 Å². The Morgan fingerprint density at radius 3 is 1.80 bits per heavy atom. The summed E-state index contributed by atoms with van der Waals surface area (Å²) >= 11 is 0. The average Bonchev–Trinajstić information content (AvgIpc) is 2.91. The van der Waals surface area contributed by atoms with Gasteiger partial charge in [-0.2, -0.15) is 22.0 Å². The van der Waals surface area contributed by atoms with Gasteiger partial charge >= 0.3 is 18.5 Å². The summed E-state index contributed by atoms with van der Waals surface area (Å²) in [6.07, 6.45) is -9.43. The maximum atomic E-state index is 14.8. The van der Waals surface area contributed by atoms with E-state index in [9.17, 15) is 48.7 Å². The molecule has 0 saturated carbocycles. The zero-order chi connectivity index (χ0) is 30.2. The first-order valence-corrected chi connectivity index (χ1v) is 11.6. The third-order valence-electron chi connectivity index (χ3n) is 6.31. The van der Waals surface area contributed by atoms with Crippen LogP contribution in [0.15, 0.2) is 91.0 Å². The van der Waals surface area contributed by atoms with Gasteiger partial charge in [0.2, 0.25) is 0 Å². The Morgan fingerprint density at radius 2 is 1.22 bits per heavy atom. The average molecular weight is 585 g/mol. The molecule has 2 nitrogen and oxygen atoms in total. The summed E-state index contributed by atoms with van der Waals surface area (Å²) in [5.74, 6) is -10.0. The molecule has 0 bridgehead atoms. The first-order valence-electron chi connectivity index (χ1n) is 11.6. The zero-order valence-corrected chi connectivity index (χ0v) is 20.4. The van der Waals surface area contributed by atoms with Crippen LogP contribution in [0.4, 0.5) is 43.9 Å². The molecule has 0 aliphatic rings. The van der Waals surface area contributed by atoms with E-state index in [-0.39, 0.29) is 23.3 Å². The smallest absolute Gasteiger partial charge is 0.334 e. The van der Waals surface area contributed by atoms with Crippen molar-refractivity contribution in [1.29, 1.82) is 0 Å². The van der Waals surface area contributed by atoms with Crippen molar-refractivity contribution in [3.63, 3.8) is 0 Å². The lowest BCUT2D eigenvalue weighted by molar-refractivity contribution is -0.140. The lowest BCUT2D eigenvalue weighted by Crippen LogP contribution is -2.48. The van der Waals surface area contributed by atoms with Gasteiger partial charge in [-0.15, -0.1) is 0 Å². The molecule has 214 valence electrons. The molecular formula is C29H17F10NO. The largest absolute Gasteiger partial charge is 0.419 e. The van der Waals surface area contributed by atoms with Crippen molar-refractivity contribution in [2.75, 3.05) is 0 Å². The van der Waals surface area contributed by atoms with E-state index in [4.69, 9.17) is 0 Å². The summed E-state index contributed by atoms with van der Waals surface area (Å²) in [5, 5.41) is 2.40. The molecule has 4 rings (SSSR count). The zero-order valence-electron chi connectivity index (χ0n) is 20.4. The van der Waals surface area contributed by atoms with E-state index in [2.05, 4.69) is 5.32 Å². The summed E-state index contributed by atoms with van der Waals surface area (Å²) in [6.45, 7) is 0. The Bertz CT molecular complexity index is 1550. The van der Waals surface area contributed by atoms with Crippen molar-refractivity contribution in [2.24, 2.45) is 0 Å². The summed E-state index contributed by atoms with van der Waals surface area (Å²) in [7, 11) is 0. The number of carbonyl (C=O) groups is 1. The summed E-state index contributed by atoms with van der Waals surface area (Å²) in [4.78, 5) is 13.5. The van der Waals surface area contributed by atoms with Crippen molar-refractivity contribution in [2.45, 2.75) is 24.1 Å². The van der Waals surface area contributed by atoms with Crippen molar-refractivity contribution in [3.05, 3.63) is 142 Å². The fraction of sp³-hybridized carbons (Fsp3) is 0.138. The Balaban J connectivity index is 2.03. The molecule has 0 unspecified atom stereocenters. The number of nitrogens with one attached hydrogen (secondary N) is 1. The molecule has 0 spiro atoms. The van der Waals surface area contributed by atoms with E-state index in [0.717, 1.165) is 30.3 Å². The maximum absolute atomic E-state index is 14.8. The van der Waals surface area contributed by atoms with Crippen molar-refractivity contribution in [3.8, 4) is 0 Å². The highest BCUT2D eigenvalue weighted by Gasteiger charge is 2.46. The second-order valence-electron chi connectivity index (χ2n) is 8.92. The quantitative estimate of drug-likeness (QED) is 0.172. The van der Waals surface area contributed by atoms with Gasteiger partial charge < -0.3 is 5.32 Å². The molecule has 41 heavy (non-hydrogen) atoms. The van der Waals surface area contributed by atoms with Crippen LogP contribution in [0.5, 0.6) is 0 Å². The number of hydrogen-bond acceptors (Lipinski definition) is 1. The highest BCUT2D eigenvalue weighted by Crippen LogP contribution is 2.42. The molecule has 1 N–H and O–H groups in total. The molecule has 0 fully saturated rings. The van der Waals surface area contributed by atoms with Gasteiger partial charge in [-0.25, -0.2) is 22.0 Å². The van der Waals surface area contributed by atoms with Crippen molar-refractivity contribution in [1.82, 2.24) is 5.32 Å². The lowest BCUT2D eigenvalue weighted by atomic mass is 9.76. The SMILES string of the molecule is O=C(N[C@](c1ccccc1)(c1ccc(F)cc1)c1cc(F)cc(C(F)(F)C(F)F)c1)c1ccc(F)c(C(F)(F)F)c1. The van der Waals surface area contributed by atoms with Crippen LogP contribution in [0.1, 0.15) is 38.2 Å². The number of halogens is 10. The molecular weight excluding hydrogens is 568 g/mol. The molecule has 0 aliphatic carbocycles. The second-order valence-corrected chi connectivity index (χ2v) is 8.92. The highest BCUT2D eigenvalue weighted by molar-refractivity contribution is 5.95. The molecule has 0 radical (unpaired) electrons. The van der Waals surface area contributed by atoms with Gasteiger partial charge in [0.1, 0.15) is 23.0 Å². The van der Waals surface area contributed by atoms with Crippen LogP contribution >= 0.6 is 0 Å². The fourth-order valence-electron chi connectivity index (χ4n) is 4.36. The van der Waals surface area contributed by atoms with Crippen LogP contribution in [0.2, 0.25) is 0 Å². The van der Waals surface area contributed by atoms with Crippen LogP contribution < -0.4 is 5.32 Å². The Kier molecular flexibility index (Phi) is 7.88. The van der Waals surface area contributed by atoms with Crippen LogP contribution in [0.25, 0.3) is 0 Å². The molecule has 0 heterocycles. The highest BCUT2D eigenvalue weighted by atomic mass is 19.4. The van der Waals surface area contributed by atoms with Gasteiger partial charge in [0.15, 0.2) is 0 Å². The third kappa shape index (κ3) is 5.77. The molecule has 0 saturated heterocycles. The molecule has 1 amide bonds. The number of amides is 1. The van der Waals surface area contributed by atoms with Gasteiger partial charge in [0, 0.05) is 11.1 Å². The minimum absolute atomic E-state index is 0.00929. The van der Waals surface area contributed by atoms with Crippen LogP contribution in [-0.4, -0.2) is 12.3 Å². The second kappa shape index (κ2) is 10.9. The maximum Gasteiger partial charge on any atom is 0.419 e. The summed E-state index contributed by atoms with van der Waals surface area (Å²) in [5.41, 5.74) is -6.85. The minimum atomic E-state index is -5.19. The molecule has 4 aromatic rings. The van der Waals surface area contributed by atoms with Crippen LogP contribution in [0.3, 0.4) is 0 Å². The molecule has 0 aromatic heterocycles. The van der Waals surface area contributed by atoms with E-state index in [1.807, 2.05) is 0 Å². The van der Waals surface area contributed by atoms with E-state index in [0.29, 0.717) is 18.2 Å². The molecule has 1 atom stereocenters. The predicted octanol–water partition coefficient (Wildman–Crippen LogP) is 8.20. The predicted molar refractivity (Wildman–Crippen MR) is 128 cm³/mol. The first-order chi connectivity index (χ1) is 19.2. The van der Waals surface area contributed by atoms with Gasteiger partial charge in [0.25, 0.3) is 5.91 Å². The van der Waals surface area contributed by atoms with E-state index in [1.54, 1.807) is 0 Å². The van der Waals surface area contributed by atoms with Crippen molar-refractivity contribution < 1.29 is 48.7 Å². The van der Waals surface area contributed by atoms with Gasteiger partial charge in [0.05, 0.1) is 5.56 Å². The fourth-order valence-corrected chi connectivity index (χ4v) is 4.36. The molecule has 4 aromatic carbocycles. The monoisotopic (exact) mass is 585 g/mol. The number of rotatable bonds is 7. The third-order valence-corrected chi connectivity index (χ3v) is 6.31. The van der Waals surface area contributed by atoms with Crippen molar-refractivity contribution >= 4 is 5.91 Å². The van der Waals surface area contributed by atoms with Gasteiger partial charge in [-0.1, -0.05) is 42.5 Å².